The van der Waals surface area contributed by atoms with Crippen molar-refractivity contribution >= 4 is 41.7 Å². The standard InChI is InChI=1S/C20H32FN3O2S.HI/c1-3-22-20(23-9-5-10-25-14-19-6-4-11-26-19)24-13-16-7-8-18(21)12-17(16)15-27-2;/h7-8,12,19H,3-6,9-11,13-15H2,1-2H3,(H2,22,23,24);1H. The molecule has 1 atom stereocenters. The van der Waals surface area contributed by atoms with Crippen LogP contribution >= 0.6 is 35.7 Å². The molecule has 28 heavy (non-hydrogen) atoms. The lowest BCUT2D eigenvalue weighted by molar-refractivity contribution is 0.0168. The molecule has 0 radical (unpaired) electrons. The molecule has 0 saturated carbocycles. The third-order valence-electron chi connectivity index (χ3n) is 4.31. The monoisotopic (exact) mass is 525 g/mol. The fraction of sp³-hybridized carbons (Fsp3) is 0.650. The van der Waals surface area contributed by atoms with Gasteiger partial charge in [-0.1, -0.05) is 6.07 Å². The Labute approximate surface area is 189 Å². The van der Waals surface area contributed by atoms with E-state index in [9.17, 15) is 4.39 Å². The van der Waals surface area contributed by atoms with Gasteiger partial charge in [-0.25, -0.2) is 9.38 Å². The van der Waals surface area contributed by atoms with E-state index in [4.69, 9.17) is 9.47 Å². The highest BCUT2D eigenvalue weighted by atomic mass is 127. The third kappa shape index (κ3) is 9.76. The molecule has 8 heteroatoms. The number of benzene rings is 1. The molecule has 1 unspecified atom stereocenters. The fourth-order valence-corrected chi connectivity index (χ4v) is 3.50. The number of ether oxygens (including phenoxy) is 2. The minimum atomic E-state index is -0.195. The highest BCUT2D eigenvalue weighted by molar-refractivity contribution is 14.0. The molecule has 1 fully saturated rings. The number of aliphatic imine (C=N–C) groups is 1. The van der Waals surface area contributed by atoms with Crippen LogP contribution in [0.2, 0.25) is 0 Å². The number of hydrogen-bond donors (Lipinski definition) is 2. The number of halogens is 2. The molecule has 0 aliphatic carbocycles. The van der Waals surface area contributed by atoms with E-state index >= 15 is 0 Å². The summed E-state index contributed by atoms with van der Waals surface area (Å²) in [5, 5.41) is 6.58. The van der Waals surface area contributed by atoms with Crippen molar-refractivity contribution in [2.75, 3.05) is 39.2 Å². The molecule has 1 heterocycles. The van der Waals surface area contributed by atoms with Crippen LogP contribution in [0, 0.1) is 5.82 Å². The van der Waals surface area contributed by atoms with Gasteiger partial charge in [0.25, 0.3) is 0 Å². The summed E-state index contributed by atoms with van der Waals surface area (Å²) in [6, 6.07) is 4.93. The predicted molar refractivity (Wildman–Crippen MR) is 126 cm³/mol. The lowest BCUT2D eigenvalue weighted by Gasteiger charge is -2.13. The van der Waals surface area contributed by atoms with Gasteiger partial charge >= 0.3 is 0 Å². The molecular weight excluding hydrogens is 492 g/mol. The van der Waals surface area contributed by atoms with E-state index in [0.29, 0.717) is 19.8 Å². The van der Waals surface area contributed by atoms with Gasteiger partial charge in [0.2, 0.25) is 0 Å². The molecule has 5 nitrogen and oxygen atoms in total. The maximum atomic E-state index is 13.5. The molecule has 0 aromatic heterocycles. The molecular formula is C20H33FIN3O2S. The topological polar surface area (TPSA) is 54.9 Å². The van der Waals surface area contributed by atoms with Crippen molar-refractivity contribution in [2.45, 2.75) is 44.6 Å². The molecule has 2 rings (SSSR count). The molecule has 1 aliphatic heterocycles. The smallest absolute Gasteiger partial charge is 0.191 e. The van der Waals surface area contributed by atoms with E-state index in [1.165, 1.54) is 6.07 Å². The van der Waals surface area contributed by atoms with Gasteiger partial charge in [0.15, 0.2) is 5.96 Å². The minimum Gasteiger partial charge on any atom is -0.379 e. The van der Waals surface area contributed by atoms with Crippen LogP contribution in [0.25, 0.3) is 0 Å². The second kappa shape index (κ2) is 15.3. The molecule has 2 N–H and O–H groups in total. The summed E-state index contributed by atoms with van der Waals surface area (Å²) in [5.74, 6) is 1.37. The summed E-state index contributed by atoms with van der Waals surface area (Å²) in [6.45, 7) is 6.42. The Balaban J connectivity index is 0.00000392. The fourth-order valence-electron chi connectivity index (χ4n) is 2.92. The lowest BCUT2D eigenvalue weighted by Crippen LogP contribution is -2.38. The first-order valence-electron chi connectivity index (χ1n) is 9.70. The van der Waals surface area contributed by atoms with Gasteiger partial charge in [-0.3, -0.25) is 0 Å². The molecule has 1 aromatic carbocycles. The molecule has 160 valence electrons. The summed E-state index contributed by atoms with van der Waals surface area (Å²) >= 11 is 1.68. The highest BCUT2D eigenvalue weighted by Gasteiger charge is 2.14. The van der Waals surface area contributed by atoms with Gasteiger partial charge in [-0.2, -0.15) is 11.8 Å². The van der Waals surface area contributed by atoms with Crippen molar-refractivity contribution < 1.29 is 13.9 Å². The number of hydrogen-bond acceptors (Lipinski definition) is 4. The second-order valence-electron chi connectivity index (χ2n) is 6.53. The van der Waals surface area contributed by atoms with Gasteiger partial charge in [0.05, 0.1) is 19.3 Å². The lowest BCUT2D eigenvalue weighted by atomic mass is 10.1. The predicted octanol–water partition coefficient (Wildman–Crippen LogP) is 3.95. The summed E-state index contributed by atoms with van der Waals surface area (Å²) < 4.78 is 24.7. The second-order valence-corrected chi connectivity index (χ2v) is 7.40. The maximum Gasteiger partial charge on any atom is 0.191 e. The Morgan fingerprint density at radius 1 is 1.36 bits per heavy atom. The van der Waals surface area contributed by atoms with Gasteiger partial charge < -0.3 is 20.1 Å². The van der Waals surface area contributed by atoms with Crippen molar-refractivity contribution in [3.63, 3.8) is 0 Å². The highest BCUT2D eigenvalue weighted by Crippen LogP contribution is 2.17. The third-order valence-corrected chi connectivity index (χ3v) is 4.91. The van der Waals surface area contributed by atoms with Crippen LogP contribution in [0.3, 0.4) is 0 Å². The van der Waals surface area contributed by atoms with E-state index < -0.39 is 0 Å². The van der Waals surface area contributed by atoms with Crippen LogP contribution in [0.5, 0.6) is 0 Å². The average molecular weight is 525 g/mol. The van der Waals surface area contributed by atoms with E-state index in [-0.39, 0.29) is 35.9 Å². The first-order chi connectivity index (χ1) is 13.2. The van der Waals surface area contributed by atoms with Crippen LogP contribution in [0.1, 0.15) is 37.3 Å². The maximum absolute atomic E-state index is 13.5. The van der Waals surface area contributed by atoms with Crippen LogP contribution in [0.15, 0.2) is 23.2 Å². The molecule has 0 spiro atoms. The van der Waals surface area contributed by atoms with E-state index in [1.54, 1.807) is 17.8 Å². The van der Waals surface area contributed by atoms with Crippen molar-refractivity contribution in [1.82, 2.24) is 10.6 Å². The first kappa shape index (κ1) is 25.5. The van der Waals surface area contributed by atoms with E-state index in [0.717, 1.165) is 61.8 Å². The van der Waals surface area contributed by atoms with Crippen LogP contribution in [-0.2, 0) is 21.8 Å². The number of nitrogens with zero attached hydrogens (tertiary/aromatic N) is 1. The average Bonchev–Trinajstić information content (AvgIpc) is 3.17. The number of nitrogens with one attached hydrogen (secondary N) is 2. The van der Waals surface area contributed by atoms with Crippen molar-refractivity contribution in [3.05, 3.63) is 35.1 Å². The number of guanidine groups is 1. The molecule has 0 bridgehead atoms. The van der Waals surface area contributed by atoms with E-state index in [1.807, 2.05) is 19.2 Å². The Kier molecular flexibility index (Phi) is 13.9. The SMILES string of the molecule is CCNC(=NCc1ccc(F)cc1CSC)NCCCOCC1CCCO1.I. The number of rotatable bonds is 11. The Morgan fingerprint density at radius 2 is 2.21 bits per heavy atom. The molecule has 1 aliphatic rings. The Bertz CT molecular complexity index is 587. The van der Waals surface area contributed by atoms with Crippen molar-refractivity contribution in [1.29, 1.82) is 0 Å². The van der Waals surface area contributed by atoms with Crippen LogP contribution in [-0.4, -0.2) is 51.2 Å². The molecule has 0 amide bonds. The van der Waals surface area contributed by atoms with Gasteiger partial charge in [0, 0.05) is 32.1 Å². The molecule has 1 aromatic rings. The Hall–Kier alpha value is -0.580. The quantitative estimate of drug-likeness (QED) is 0.198. The molecule has 1 saturated heterocycles. The minimum absolute atomic E-state index is 0. The summed E-state index contributed by atoms with van der Waals surface area (Å²) in [5.41, 5.74) is 2.06. The van der Waals surface area contributed by atoms with Crippen LogP contribution < -0.4 is 10.6 Å². The zero-order valence-corrected chi connectivity index (χ0v) is 20.0. The van der Waals surface area contributed by atoms with Gasteiger partial charge in [0.1, 0.15) is 5.82 Å². The first-order valence-corrected chi connectivity index (χ1v) is 11.1. The van der Waals surface area contributed by atoms with Crippen molar-refractivity contribution in [3.8, 4) is 0 Å². The van der Waals surface area contributed by atoms with E-state index in [2.05, 4.69) is 15.6 Å². The van der Waals surface area contributed by atoms with Crippen molar-refractivity contribution in [2.24, 2.45) is 4.99 Å². The zero-order chi connectivity index (χ0) is 19.3. The summed E-state index contributed by atoms with van der Waals surface area (Å²) in [7, 11) is 0. The summed E-state index contributed by atoms with van der Waals surface area (Å²) in [4.78, 5) is 4.64. The van der Waals surface area contributed by atoms with Crippen LogP contribution in [0.4, 0.5) is 4.39 Å². The number of thioether (sulfide) groups is 1. The van der Waals surface area contributed by atoms with Gasteiger partial charge in [-0.15, -0.1) is 24.0 Å². The zero-order valence-electron chi connectivity index (χ0n) is 16.8. The Morgan fingerprint density at radius 3 is 2.93 bits per heavy atom. The van der Waals surface area contributed by atoms with Gasteiger partial charge in [-0.05, 0) is 55.7 Å². The normalized spacial score (nSPS) is 16.7. The summed E-state index contributed by atoms with van der Waals surface area (Å²) in [6.07, 6.45) is 5.46. The largest absolute Gasteiger partial charge is 0.379 e.